The van der Waals surface area contributed by atoms with E-state index in [1.807, 2.05) is 0 Å². The second-order valence-electron chi connectivity index (χ2n) is 7.65. The van der Waals surface area contributed by atoms with E-state index in [-0.39, 0.29) is 19.5 Å². The lowest BCUT2D eigenvalue weighted by atomic mass is 9.98. The molecule has 0 spiro atoms. The van der Waals surface area contributed by atoms with Crippen molar-refractivity contribution in [3.8, 4) is 0 Å². The lowest BCUT2D eigenvalue weighted by molar-refractivity contribution is -0.157. The molecular weight excluding hydrogens is 319 g/mol. The molecule has 0 aromatic carbocycles. The molecule has 136 valence electrons. The van der Waals surface area contributed by atoms with Crippen molar-refractivity contribution in [2.24, 2.45) is 0 Å². The quantitative estimate of drug-likeness (QED) is 0.825. The van der Waals surface area contributed by atoms with E-state index in [1.54, 1.807) is 20.8 Å². The van der Waals surface area contributed by atoms with Gasteiger partial charge in [0.15, 0.2) is 0 Å². The molecule has 1 N–H and O–H groups in total. The molecule has 0 radical (unpaired) electrons. The number of hydrogen-bond acceptors (Lipinski definition) is 4. The minimum Gasteiger partial charge on any atom is -0.480 e. The van der Waals surface area contributed by atoms with Crippen LogP contribution in [-0.2, 0) is 14.3 Å². The maximum Gasteiger partial charge on any atom is 0.411 e. The number of likely N-dealkylation sites (tertiary alicyclic amines) is 2. The van der Waals surface area contributed by atoms with E-state index in [0.717, 1.165) is 4.90 Å². The maximum absolute atomic E-state index is 13.9. The fraction of sp³-hybridized carbons (Fsp3) is 0.812. The Kier molecular flexibility index (Phi) is 4.79. The van der Waals surface area contributed by atoms with E-state index < -0.39 is 41.3 Å². The summed E-state index contributed by atoms with van der Waals surface area (Å²) in [6, 6.07) is -1.02. The second kappa shape index (κ2) is 6.22. The highest BCUT2D eigenvalue weighted by Gasteiger charge is 2.51. The van der Waals surface area contributed by atoms with Crippen molar-refractivity contribution in [3.05, 3.63) is 0 Å². The van der Waals surface area contributed by atoms with E-state index >= 15 is 0 Å². The number of halogens is 1. The van der Waals surface area contributed by atoms with Gasteiger partial charge in [-0.25, -0.2) is 14.0 Å². The monoisotopic (exact) mass is 344 g/mol. The van der Waals surface area contributed by atoms with Crippen LogP contribution in [0.1, 0.15) is 47.0 Å². The number of amides is 2. The zero-order chi connectivity index (χ0) is 18.3. The van der Waals surface area contributed by atoms with Crippen LogP contribution in [0.2, 0.25) is 0 Å². The standard InChI is InChI=1S/C16H25FN2O5/c1-15(2,3)24-14(23)18-9-10(17)8-11(18)12(20)19-7-5-6-16(19,4)13(21)22/h10-11H,5-9H2,1-4H3,(H,21,22)/t10-,11+,16+/m1/s1. The van der Waals surface area contributed by atoms with E-state index in [2.05, 4.69) is 0 Å². The molecule has 0 bridgehead atoms. The number of hydrogen-bond donors (Lipinski definition) is 1. The summed E-state index contributed by atoms with van der Waals surface area (Å²) >= 11 is 0. The lowest BCUT2D eigenvalue weighted by Gasteiger charge is -2.35. The van der Waals surface area contributed by atoms with Gasteiger partial charge in [-0.3, -0.25) is 9.69 Å². The summed E-state index contributed by atoms with van der Waals surface area (Å²) in [6.07, 6.45) is -1.31. The first-order valence-electron chi connectivity index (χ1n) is 8.14. The van der Waals surface area contributed by atoms with E-state index in [1.165, 1.54) is 11.8 Å². The Morgan fingerprint density at radius 3 is 2.46 bits per heavy atom. The molecule has 0 aliphatic carbocycles. The minimum atomic E-state index is -1.33. The van der Waals surface area contributed by atoms with Gasteiger partial charge in [0.05, 0.1) is 6.54 Å². The van der Waals surface area contributed by atoms with Gasteiger partial charge in [-0.2, -0.15) is 0 Å². The normalized spacial score (nSPS) is 30.5. The Morgan fingerprint density at radius 2 is 1.92 bits per heavy atom. The van der Waals surface area contributed by atoms with Crippen LogP contribution in [0.15, 0.2) is 0 Å². The van der Waals surface area contributed by atoms with Crippen LogP contribution < -0.4 is 0 Å². The molecule has 2 aliphatic rings. The summed E-state index contributed by atoms with van der Waals surface area (Å²) < 4.78 is 19.1. The number of carbonyl (C=O) groups is 3. The average Bonchev–Trinajstić information content (AvgIpc) is 3.00. The molecular formula is C16H25FN2O5. The van der Waals surface area contributed by atoms with Crippen LogP contribution >= 0.6 is 0 Å². The molecule has 7 nitrogen and oxygen atoms in total. The number of rotatable bonds is 2. The van der Waals surface area contributed by atoms with E-state index in [9.17, 15) is 23.9 Å². The van der Waals surface area contributed by atoms with Crippen LogP contribution in [0.3, 0.4) is 0 Å². The molecule has 24 heavy (non-hydrogen) atoms. The van der Waals surface area contributed by atoms with E-state index in [4.69, 9.17) is 4.74 Å². The second-order valence-corrected chi connectivity index (χ2v) is 7.65. The van der Waals surface area contributed by atoms with Crippen molar-refractivity contribution in [3.63, 3.8) is 0 Å². The third-order valence-corrected chi connectivity index (χ3v) is 4.53. The van der Waals surface area contributed by atoms with Gasteiger partial charge in [-0.1, -0.05) is 0 Å². The molecule has 0 unspecified atom stereocenters. The number of carboxylic acid groups (broad SMARTS) is 1. The summed E-state index contributed by atoms with van der Waals surface area (Å²) in [5.41, 5.74) is -2.08. The average molecular weight is 344 g/mol. The smallest absolute Gasteiger partial charge is 0.411 e. The van der Waals surface area contributed by atoms with Crippen LogP contribution in [0.25, 0.3) is 0 Å². The number of nitrogens with zero attached hydrogens (tertiary/aromatic N) is 2. The predicted octanol–water partition coefficient (Wildman–Crippen LogP) is 1.80. The first-order chi connectivity index (χ1) is 11.0. The molecule has 3 atom stereocenters. The number of alkyl halides is 1. The van der Waals surface area contributed by atoms with Gasteiger partial charge in [0, 0.05) is 13.0 Å². The highest BCUT2D eigenvalue weighted by molar-refractivity contribution is 5.92. The van der Waals surface area contributed by atoms with Crippen molar-refractivity contribution in [1.29, 1.82) is 0 Å². The topological polar surface area (TPSA) is 87.2 Å². The molecule has 0 aromatic heterocycles. The van der Waals surface area contributed by atoms with Gasteiger partial charge >= 0.3 is 12.1 Å². The molecule has 0 aromatic rings. The van der Waals surface area contributed by atoms with Crippen LogP contribution in [0.5, 0.6) is 0 Å². The fourth-order valence-corrected chi connectivity index (χ4v) is 3.26. The van der Waals surface area contributed by atoms with Gasteiger partial charge in [0.25, 0.3) is 0 Å². The van der Waals surface area contributed by atoms with Gasteiger partial charge in [0.1, 0.15) is 23.4 Å². The minimum absolute atomic E-state index is 0.135. The third kappa shape index (κ3) is 3.47. The molecule has 2 amide bonds. The molecule has 0 saturated carbocycles. The Balaban J connectivity index is 2.20. The number of aliphatic carboxylic acids is 1. The highest BCUT2D eigenvalue weighted by atomic mass is 19.1. The number of carboxylic acids is 1. The third-order valence-electron chi connectivity index (χ3n) is 4.53. The highest BCUT2D eigenvalue weighted by Crippen LogP contribution is 2.33. The van der Waals surface area contributed by atoms with Gasteiger partial charge < -0.3 is 14.7 Å². The SMILES string of the molecule is CC(C)(C)OC(=O)N1C[C@H](F)C[C@H]1C(=O)N1CCC[C@@]1(C)C(=O)O. The molecule has 2 aliphatic heterocycles. The Morgan fingerprint density at radius 1 is 1.29 bits per heavy atom. The molecule has 8 heteroatoms. The maximum atomic E-state index is 13.9. The molecule has 2 rings (SSSR count). The summed E-state index contributed by atoms with van der Waals surface area (Å²) in [5.74, 6) is -1.62. The van der Waals surface area contributed by atoms with Crippen molar-refractivity contribution >= 4 is 18.0 Å². The first kappa shape index (κ1) is 18.5. The molecule has 2 heterocycles. The van der Waals surface area contributed by atoms with Crippen LogP contribution in [-0.4, -0.2) is 69.3 Å². The zero-order valence-electron chi connectivity index (χ0n) is 14.5. The largest absolute Gasteiger partial charge is 0.480 e. The molecule has 2 saturated heterocycles. The summed E-state index contributed by atoms with van der Waals surface area (Å²) in [5, 5.41) is 9.44. The zero-order valence-corrected chi connectivity index (χ0v) is 14.5. The van der Waals surface area contributed by atoms with Crippen molar-refractivity contribution in [1.82, 2.24) is 9.80 Å². The van der Waals surface area contributed by atoms with Crippen LogP contribution in [0, 0.1) is 0 Å². The van der Waals surface area contributed by atoms with Crippen molar-refractivity contribution in [2.45, 2.75) is 70.3 Å². The lowest BCUT2D eigenvalue weighted by Crippen LogP contribution is -2.56. The van der Waals surface area contributed by atoms with Gasteiger partial charge in [-0.05, 0) is 40.5 Å². The first-order valence-corrected chi connectivity index (χ1v) is 8.14. The summed E-state index contributed by atoms with van der Waals surface area (Å²) in [4.78, 5) is 39.0. The summed E-state index contributed by atoms with van der Waals surface area (Å²) in [6.45, 7) is 6.62. The van der Waals surface area contributed by atoms with E-state index in [0.29, 0.717) is 12.8 Å². The number of ether oxygens (including phenoxy) is 1. The summed E-state index contributed by atoms with van der Waals surface area (Å²) in [7, 11) is 0. The Bertz CT molecular complexity index is 547. The Labute approximate surface area is 140 Å². The van der Waals surface area contributed by atoms with Gasteiger partial charge in [-0.15, -0.1) is 0 Å². The Hall–Kier alpha value is -1.86. The molecule has 2 fully saturated rings. The van der Waals surface area contributed by atoms with Crippen LogP contribution in [0.4, 0.5) is 9.18 Å². The van der Waals surface area contributed by atoms with Crippen molar-refractivity contribution in [2.75, 3.05) is 13.1 Å². The fourth-order valence-electron chi connectivity index (χ4n) is 3.26. The van der Waals surface area contributed by atoms with Crippen molar-refractivity contribution < 1.29 is 28.6 Å². The number of carbonyl (C=O) groups excluding carboxylic acids is 2. The predicted molar refractivity (Wildman–Crippen MR) is 83.2 cm³/mol. The van der Waals surface area contributed by atoms with Gasteiger partial charge in [0.2, 0.25) is 5.91 Å².